The lowest BCUT2D eigenvalue weighted by atomic mass is 9.72. The fraction of sp³-hybridized carbons (Fsp3) is 0.464. The van der Waals surface area contributed by atoms with Gasteiger partial charge in [0.15, 0.2) is 0 Å². The van der Waals surface area contributed by atoms with E-state index in [1.54, 1.807) is 24.3 Å². The van der Waals surface area contributed by atoms with Gasteiger partial charge < -0.3 is 9.47 Å². The van der Waals surface area contributed by atoms with Crippen molar-refractivity contribution in [2.45, 2.75) is 62.4 Å². The Balaban J connectivity index is 2.04. The summed E-state index contributed by atoms with van der Waals surface area (Å²) in [5, 5.41) is -5.15. The van der Waals surface area contributed by atoms with E-state index in [0.717, 1.165) is 0 Å². The summed E-state index contributed by atoms with van der Waals surface area (Å²) in [5.41, 5.74) is 2.77. The summed E-state index contributed by atoms with van der Waals surface area (Å²) in [6, 6.07) is 6.41. The molecule has 3 unspecified atom stereocenters. The van der Waals surface area contributed by atoms with Gasteiger partial charge in [0.25, 0.3) is 0 Å². The van der Waals surface area contributed by atoms with Crippen LogP contribution < -0.4 is 9.47 Å². The second-order valence-electron chi connectivity index (χ2n) is 10.6. The van der Waals surface area contributed by atoms with E-state index in [-0.39, 0.29) is 55.8 Å². The largest absolute Gasteiger partial charge is 0.426 e. The molecule has 2 aromatic rings. The van der Waals surface area contributed by atoms with Crippen molar-refractivity contribution in [2.75, 3.05) is 0 Å². The number of hydrogen-bond acceptors (Lipinski definition) is 7. The second-order valence-corrected chi connectivity index (χ2v) is 12.1. The molecule has 0 saturated heterocycles. The van der Waals surface area contributed by atoms with Crippen LogP contribution in [0, 0.1) is 17.8 Å². The van der Waals surface area contributed by atoms with Crippen molar-refractivity contribution in [1.82, 2.24) is 0 Å². The highest BCUT2D eigenvalue weighted by molar-refractivity contribution is 7.87. The molecule has 0 aliphatic heterocycles. The molecule has 0 amide bonds. The minimum absolute atomic E-state index is 0.0285. The Kier molecular flexibility index (Phi) is 12.4. The van der Waals surface area contributed by atoms with E-state index in [1.807, 2.05) is 0 Å². The van der Waals surface area contributed by atoms with Gasteiger partial charge in [0.2, 0.25) is 5.78 Å². The number of alkyl halides is 2. The first-order chi connectivity index (χ1) is 21.2. The van der Waals surface area contributed by atoms with Gasteiger partial charge in [-0.1, -0.05) is 73.3 Å². The van der Waals surface area contributed by atoms with Crippen molar-refractivity contribution in [1.29, 1.82) is 0 Å². The predicted octanol–water partition coefficient (Wildman–Crippen LogP) is 1.29. The molecule has 0 bridgehead atoms. The lowest BCUT2D eigenvalue weighted by molar-refractivity contribution is -0.156. The van der Waals surface area contributed by atoms with Crippen LogP contribution >= 0.6 is 0 Å². The summed E-state index contributed by atoms with van der Waals surface area (Å²) >= 11 is 0. The van der Waals surface area contributed by atoms with E-state index < -0.39 is 63.7 Å². The highest BCUT2D eigenvalue weighted by Gasteiger charge is 2.56. The number of rotatable bonds is 13. The van der Waals surface area contributed by atoms with Crippen molar-refractivity contribution in [2.24, 2.45) is 17.8 Å². The molecule has 2 aromatic carbocycles. The van der Waals surface area contributed by atoms with Crippen LogP contribution in [0.15, 0.2) is 24.3 Å². The monoisotopic (exact) mass is 626 g/mol. The van der Waals surface area contributed by atoms with Crippen molar-refractivity contribution < 1.29 is 45.6 Å². The lowest BCUT2D eigenvalue weighted by Gasteiger charge is -2.34. The maximum atomic E-state index is 14.4. The Labute approximate surface area is 269 Å². The molecule has 0 aromatic heterocycles. The van der Waals surface area contributed by atoms with Gasteiger partial charge in [-0.3, -0.25) is 18.9 Å². The first-order valence-corrected chi connectivity index (χ1v) is 15.4. The number of ether oxygens (including phenoxy) is 2. The molecule has 8 nitrogen and oxygen atoms in total. The zero-order valence-electron chi connectivity index (χ0n) is 24.3. The summed E-state index contributed by atoms with van der Waals surface area (Å²) in [4.78, 5) is 40.0. The lowest BCUT2D eigenvalue weighted by Crippen LogP contribution is -2.47. The molecule has 3 rings (SSSR count). The standard InChI is InChI=1S/C28H26B6F2O8S/c29-8-14-3-17(10-31)23(18(4-14)11-32)43-26(38)21-2-1-16(25(37)28(35,36)45(40,41)42)7-22(21)27(39)44-24-19(12-33)5-15(9-30)6-20(24)13-34/h3-6,16,21-22H,1-2,7-13H2,(H,40,41,42). The van der Waals surface area contributed by atoms with Crippen molar-refractivity contribution in [3.63, 3.8) is 0 Å². The highest BCUT2D eigenvalue weighted by Crippen LogP contribution is 2.41. The number of hydrogen-bond donors (Lipinski definition) is 1. The van der Waals surface area contributed by atoms with Crippen LogP contribution in [0.1, 0.15) is 52.6 Å². The third-order valence-electron chi connectivity index (χ3n) is 7.80. The van der Waals surface area contributed by atoms with Gasteiger partial charge in [-0.15, -0.1) is 0 Å². The second kappa shape index (κ2) is 15.2. The maximum Gasteiger partial charge on any atom is 0.426 e. The molecule has 3 atom stereocenters. The van der Waals surface area contributed by atoms with Gasteiger partial charge in [0.05, 0.1) is 58.9 Å². The molecular weight excluding hydrogens is 599 g/mol. The van der Waals surface area contributed by atoms with E-state index in [9.17, 15) is 31.6 Å². The number of carbonyl (C=O) groups is 3. The first-order valence-electron chi connectivity index (χ1n) is 14.0. The third kappa shape index (κ3) is 7.96. The van der Waals surface area contributed by atoms with Gasteiger partial charge in [0.1, 0.15) is 11.5 Å². The van der Waals surface area contributed by atoms with Crippen LogP contribution in [0.5, 0.6) is 11.5 Å². The minimum atomic E-state index is -6.11. The fourth-order valence-electron chi connectivity index (χ4n) is 5.43. The molecule has 17 heteroatoms. The molecule has 0 heterocycles. The Morgan fingerprint density at radius 3 is 1.42 bits per heavy atom. The summed E-state index contributed by atoms with van der Waals surface area (Å²) < 4.78 is 71.6. The number of ketones is 1. The molecule has 1 saturated carbocycles. The van der Waals surface area contributed by atoms with Gasteiger partial charge in [-0.2, -0.15) is 17.2 Å². The Hall–Kier alpha value is -2.79. The Bertz CT molecular complexity index is 1510. The van der Waals surface area contributed by atoms with Crippen molar-refractivity contribution in [3.8, 4) is 11.5 Å². The Morgan fingerprint density at radius 2 is 1.09 bits per heavy atom. The summed E-state index contributed by atoms with van der Waals surface area (Å²) in [6.07, 6.45) is -1.58. The number of esters is 2. The summed E-state index contributed by atoms with van der Waals surface area (Å²) in [7, 11) is 28.8. The molecule has 1 aliphatic carbocycles. The van der Waals surface area contributed by atoms with Gasteiger partial charge >= 0.3 is 27.3 Å². The first kappa shape index (κ1) is 36.7. The molecule has 224 valence electrons. The van der Waals surface area contributed by atoms with E-state index in [4.69, 9.17) is 61.1 Å². The van der Waals surface area contributed by atoms with Crippen LogP contribution in [-0.2, 0) is 62.4 Å². The van der Waals surface area contributed by atoms with Gasteiger partial charge in [-0.25, -0.2) is 0 Å². The van der Waals surface area contributed by atoms with Crippen LogP contribution in [0.2, 0.25) is 0 Å². The summed E-state index contributed by atoms with van der Waals surface area (Å²) in [5.74, 6) is -8.84. The average Bonchev–Trinajstić information content (AvgIpc) is 3.03. The fourth-order valence-corrected chi connectivity index (χ4v) is 5.85. The molecule has 1 aliphatic rings. The van der Waals surface area contributed by atoms with Crippen LogP contribution in [0.25, 0.3) is 0 Å². The van der Waals surface area contributed by atoms with E-state index in [1.165, 1.54) is 0 Å². The molecule has 0 spiro atoms. The van der Waals surface area contributed by atoms with Gasteiger partial charge in [-0.05, 0) is 41.5 Å². The van der Waals surface area contributed by atoms with E-state index in [2.05, 4.69) is 0 Å². The molecule has 12 radical (unpaired) electrons. The quantitative estimate of drug-likeness (QED) is 0.153. The number of carbonyl (C=O) groups excluding carboxylic acids is 3. The van der Waals surface area contributed by atoms with Crippen molar-refractivity contribution >= 4 is 74.9 Å². The minimum Gasteiger partial charge on any atom is -0.426 e. The molecule has 45 heavy (non-hydrogen) atoms. The molecule has 1 fully saturated rings. The highest BCUT2D eigenvalue weighted by atomic mass is 32.2. The van der Waals surface area contributed by atoms with Crippen LogP contribution in [-0.4, -0.2) is 83.0 Å². The van der Waals surface area contributed by atoms with Crippen LogP contribution in [0.4, 0.5) is 8.78 Å². The zero-order valence-corrected chi connectivity index (χ0v) is 25.2. The smallest absolute Gasteiger partial charge is 0.426 e. The zero-order chi connectivity index (χ0) is 33.7. The average molecular weight is 625 g/mol. The molecule has 1 N–H and O–H groups in total. The number of benzene rings is 2. The topological polar surface area (TPSA) is 124 Å². The number of halogens is 2. The van der Waals surface area contributed by atoms with Crippen molar-refractivity contribution in [3.05, 3.63) is 57.6 Å². The SMILES string of the molecule is [B]Cc1cc(C[B])c(OC(=O)C2CCC(C(=O)C(F)(F)S(=O)(=O)O)CC2C(=O)Oc2c(C[B])cc(C[B])cc2C[B])c(C[B])c1. The van der Waals surface area contributed by atoms with Crippen LogP contribution in [0.3, 0.4) is 0 Å². The number of Topliss-reactive ketones (excluding diaryl/α,β-unsaturated/α-hetero) is 1. The van der Waals surface area contributed by atoms with Gasteiger partial charge in [0, 0.05) is 5.92 Å². The normalized spacial score (nSPS) is 18.7. The van der Waals surface area contributed by atoms with E-state index >= 15 is 0 Å². The Morgan fingerprint density at radius 1 is 0.711 bits per heavy atom. The summed E-state index contributed by atoms with van der Waals surface area (Å²) in [6.45, 7) is 0. The maximum absolute atomic E-state index is 14.4. The third-order valence-corrected chi connectivity index (χ3v) is 8.65. The predicted molar refractivity (Wildman–Crippen MR) is 167 cm³/mol. The molecular formula is C28H26B6F2O8S. The van der Waals surface area contributed by atoms with E-state index in [0.29, 0.717) is 33.4 Å².